The highest BCUT2D eigenvalue weighted by Gasteiger charge is 1.96. The van der Waals surface area contributed by atoms with Gasteiger partial charge in [-0.2, -0.15) is 0 Å². The summed E-state index contributed by atoms with van der Waals surface area (Å²) in [6.45, 7) is 5.64. The Kier molecular flexibility index (Phi) is 10.3. The predicted molar refractivity (Wildman–Crippen MR) is 73.8 cm³/mol. The van der Waals surface area contributed by atoms with Gasteiger partial charge in [0.25, 0.3) is 0 Å². The summed E-state index contributed by atoms with van der Waals surface area (Å²) in [7, 11) is 5.10. The number of allylic oxidation sites excluding steroid dienone is 1. The molecule has 1 nitrogen and oxygen atoms in total. The zero-order chi connectivity index (χ0) is 11.5. The topological polar surface area (TPSA) is 3.24 Å². The maximum atomic E-state index is 2.32. The van der Waals surface area contributed by atoms with E-state index in [1.807, 2.05) is 0 Å². The molecule has 15 heavy (non-hydrogen) atoms. The Morgan fingerprint density at radius 1 is 1.27 bits per heavy atom. The van der Waals surface area contributed by atoms with E-state index in [1.165, 1.54) is 19.3 Å². The molecule has 0 rings (SSSR count). The van der Waals surface area contributed by atoms with E-state index in [0.717, 1.165) is 15.1 Å². The van der Waals surface area contributed by atoms with Crippen LogP contribution in [0.15, 0.2) is 23.8 Å². The van der Waals surface area contributed by atoms with Gasteiger partial charge in [0.1, 0.15) is 0 Å². The summed E-state index contributed by atoms with van der Waals surface area (Å²) < 4.78 is 0. The molecule has 2 heteroatoms. The molecule has 0 aromatic carbocycles. The number of rotatable bonds is 8. The molecule has 0 heterocycles. The zero-order valence-corrected chi connectivity index (χ0v) is 11.7. The molecule has 0 aliphatic heterocycles. The van der Waals surface area contributed by atoms with E-state index in [1.54, 1.807) is 0 Å². The predicted octanol–water partition coefficient (Wildman–Crippen LogP) is 4.08. The highest BCUT2D eigenvalue weighted by Crippen LogP contribution is 2.16. The van der Waals surface area contributed by atoms with E-state index in [4.69, 9.17) is 0 Å². The monoisotopic (exact) mass is 227 g/mol. The van der Waals surface area contributed by atoms with Crippen LogP contribution in [-0.4, -0.2) is 25.5 Å². The number of hydrogen-bond donors (Lipinski definition) is 0. The lowest BCUT2D eigenvalue weighted by Gasteiger charge is -2.12. The first-order valence-corrected chi connectivity index (χ1v) is 7.04. The summed E-state index contributed by atoms with van der Waals surface area (Å²) in [4.78, 5) is 2.23. The molecule has 0 fully saturated rings. The SMILES string of the molecule is CCCCC=CP/C=C/C(C)CN(C)C. The molecular formula is C13H26NP. The minimum atomic E-state index is 0.663. The van der Waals surface area contributed by atoms with Crippen molar-refractivity contribution in [3.8, 4) is 0 Å². The van der Waals surface area contributed by atoms with Gasteiger partial charge < -0.3 is 4.90 Å². The third-order valence-electron chi connectivity index (χ3n) is 2.11. The third kappa shape index (κ3) is 11.8. The second-order valence-electron chi connectivity index (χ2n) is 4.31. The Labute approximate surface area is 97.4 Å². The van der Waals surface area contributed by atoms with Gasteiger partial charge >= 0.3 is 0 Å². The molecule has 0 spiro atoms. The Bertz CT molecular complexity index is 185. The fourth-order valence-electron chi connectivity index (χ4n) is 1.39. The van der Waals surface area contributed by atoms with Crippen molar-refractivity contribution in [3.63, 3.8) is 0 Å². The molecule has 0 amide bonds. The lowest BCUT2D eigenvalue weighted by atomic mass is 10.2. The van der Waals surface area contributed by atoms with Crippen molar-refractivity contribution in [3.05, 3.63) is 23.8 Å². The Morgan fingerprint density at radius 2 is 2.00 bits per heavy atom. The molecule has 0 aliphatic carbocycles. The van der Waals surface area contributed by atoms with Crippen molar-refractivity contribution in [2.24, 2.45) is 5.92 Å². The van der Waals surface area contributed by atoms with Crippen molar-refractivity contribution in [1.82, 2.24) is 4.90 Å². The van der Waals surface area contributed by atoms with Crippen LogP contribution in [0.5, 0.6) is 0 Å². The molecule has 2 atom stereocenters. The molecule has 0 aliphatic rings. The average molecular weight is 227 g/mol. The third-order valence-corrected chi connectivity index (χ3v) is 2.93. The number of hydrogen-bond acceptors (Lipinski definition) is 1. The van der Waals surface area contributed by atoms with E-state index >= 15 is 0 Å². The van der Waals surface area contributed by atoms with Crippen LogP contribution in [0.4, 0.5) is 0 Å². The first kappa shape index (κ1) is 14.9. The molecule has 0 aromatic heterocycles. The van der Waals surface area contributed by atoms with Crippen LogP contribution in [0.3, 0.4) is 0 Å². The van der Waals surface area contributed by atoms with Gasteiger partial charge in [-0.15, -0.1) is 0 Å². The van der Waals surface area contributed by atoms with Gasteiger partial charge in [-0.25, -0.2) is 0 Å². The minimum absolute atomic E-state index is 0.663. The zero-order valence-electron chi connectivity index (χ0n) is 10.7. The molecule has 0 saturated carbocycles. The fourth-order valence-corrected chi connectivity index (χ4v) is 2.24. The standard InChI is InChI=1S/C13H26NP/c1-5-6-7-8-10-15-11-9-13(2)12-14(3)4/h8-11,13,15H,5-7,12H2,1-4H3/b10-8?,11-9+. The van der Waals surface area contributed by atoms with Gasteiger partial charge in [-0.3, -0.25) is 0 Å². The summed E-state index contributed by atoms with van der Waals surface area (Å²) in [5, 5.41) is 0. The summed E-state index contributed by atoms with van der Waals surface area (Å²) in [5.74, 6) is 5.27. The summed E-state index contributed by atoms with van der Waals surface area (Å²) in [5.41, 5.74) is 0. The summed E-state index contributed by atoms with van der Waals surface area (Å²) in [6, 6.07) is 0. The minimum Gasteiger partial charge on any atom is -0.309 e. The van der Waals surface area contributed by atoms with Crippen LogP contribution < -0.4 is 0 Å². The molecule has 0 bridgehead atoms. The molecule has 2 unspecified atom stereocenters. The van der Waals surface area contributed by atoms with Crippen LogP contribution in [0, 0.1) is 5.92 Å². The van der Waals surface area contributed by atoms with E-state index < -0.39 is 0 Å². The van der Waals surface area contributed by atoms with E-state index in [9.17, 15) is 0 Å². The van der Waals surface area contributed by atoms with Crippen LogP contribution in [0.2, 0.25) is 0 Å². The first-order valence-electron chi connectivity index (χ1n) is 5.89. The molecule has 0 saturated heterocycles. The Balaban J connectivity index is 3.48. The van der Waals surface area contributed by atoms with E-state index in [-0.39, 0.29) is 0 Å². The van der Waals surface area contributed by atoms with Crippen LogP contribution in [0.1, 0.15) is 33.1 Å². The van der Waals surface area contributed by atoms with Crippen LogP contribution >= 0.6 is 8.58 Å². The van der Waals surface area contributed by atoms with Gasteiger partial charge in [0.2, 0.25) is 0 Å². The van der Waals surface area contributed by atoms with E-state index in [2.05, 4.69) is 56.6 Å². The second-order valence-corrected chi connectivity index (χ2v) is 5.31. The Hall–Kier alpha value is -0.130. The van der Waals surface area contributed by atoms with E-state index in [0.29, 0.717) is 5.92 Å². The first-order chi connectivity index (χ1) is 7.16. The molecule has 0 N–H and O–H groups in total. The van der Waals surface area contributed by atoms with Gasteiger partial charge in [0.05, 0.1) is 0 Å². The highest BCUT2D eigenvalue weighted by atomic mass is 31.1. The smallest absolute Gasteiger partial charge is 0.00357 e. The van der Waals surface area contributed by atoms with Crippen molar-refractivity contribution >= 4 is 8.58 Å². The lowest BCUT2D eigenvalue weighted by Crippen LogP contribution is -2.18. The average Bonchev–Trinajstić information content (AvgIpc) is 2.15. The van der Waals surface area contributed by atoms with Gasteiger partial charge in [-0.05, 0) is 26.4 Å². The van der Waals surface area contributed by atoms with Gasteiger partial charge in [-0.1, -0.05) is 59.1 Å². The van der Waals surface area contributed by atoms with Crippen molar-refractivity contribution in [1.29, 1.82) is 0 Å². The van der Waals surface area contributed by atoms with Crippen molar-refractivity contribution in [2.75, 3.05) is 20.6 Å². The maximum Gasteiger partial charge on any atom is 0.00357 e. The van der Waals surface area contributed by atoms with Crippen LogP contribution in [-0.2, 0) is 0 Å². The van der Waals surface area contributed by atoms with Crippen molar-refractivity contribution < 1.29 is 0 Å². The van der Waals surface area contributed by atoms with Crippen molar-refractivity contribution in [2.45, 2.75) is 33.1 Å². The quantitative estimate of drug-likeness (QED) is 0.446. The molecule has 0 aromatic rings. The van der Waals surface area contributed by atoms with Gasteiger partial charge in [0, 0.05) is 6.54 Å². The Morgan fingerprint density at radius 3 is 2.60 bits per heavy atom. The fraction of sp³-hybridized carbons (Fsp3) is 0.692. The largest absolute Gasteiger partial charge is 0.309 e. The summed E-state index contributed by atoms with van der Waals surface area (Å²) in [6.07, 6.45) is 8.49. The van der Waals surface area contributed by atoms with Gasteiger partial charge in [0.15, 0.2) is 0 Å². The number of unbranched alkanes of at least 4 members (excludes halogenated alkanes) is 2. The number of nitrogens with zero attached hydrogens (tertiary/aromatic N) is 1. The molecule has 0 radical (unpaired) electrons. The second kappa shape index (κ2) is 10.4. The lowest BCUT2D eigenvalue weighted by molar-refractivity contribution is 0.371. The normalized spacial score (nSPS) is 15.3. The summed E-state index contributed by atoms with van der Waals surface area (Å²) >= 11 is 0. The van der Waals surface area contributed by atoms with Crippen LogP contribution in [0.25, 0.3) is 0 Å². The highest BCUT2D eigenvalue weighted by molar-refractivity contribution is 7.45. The molecule has 88 valence electrons. The maximum absolute atomic E-state index is 2.32. The molecular weight excluding hydrogens is 201 g/mol.